The van der Waals surface area contributed by atoms with E-state index in [1.807, 2.05) is 20.0 Å². The Morgan fingerprint density at radius 1 is 1.46 bits per heavy atom. The molecule has 0 unspecified atom stereocenters. The van der Waals surface area contributed by atoms with Gasteiger partial charge in [0.05, 0.1) is 0 Å². The van der Waals surface area contributed by atoms with Crippen molar-refractivity contribution in [2.45, 2.75) is 13.8 Å². The average molecular weight is 195 g/mol. The molecule has 0 saturated carbocycles. The highest BCUT2D eigenvalue weighted by Crippen LogP contribution is 2.11. The Balaban J connectivity index is 2.83. The van der Waals surface area contributed by atoms with Crippen LogP contribution in [0.2, 0.25) is 0 Å². The maximum Gasteiger partial charge on any atom is 0.171 e. The minimum Gasteiger partial charge on any atom is -0.365 e. The number of aromatic nitrogens is 1. The van der Waals surface area contributed by atoms with Crippen molar-refractivity contribution in [3.8, 4) is 0 Å². The first-order valence-electron chi connectivity index (χ1n) is 4.05. The molecule has 13 heavy (non-hydrogen) atoms. The van der Waals surface area contributed by atoms with Crippen LogP contribution >= 0.6 is 12.2 Å². The molecule has 0 aliphatic carbocycles. The van der Waals surface area contributed by atoms with Crippen LogP contribution in [-0.4, -0.2) is 17.1 Å². The van der Waals surface area contributed by atoms with Crippen LogP contribution in [0.3, 0.4) is 0 Å². The third-order valence-electron chi connectivity index (χ3n) is 1.67. The van der Waals surface area contributed by atoms with Crippen LogP contribution in [0, 0.1) is 13.8 Å². The molecule has 1 rings (SSSR count). The maximum atomic E-state index is 4.97. The molecule has 70 valence electrons. The van der Waals surface area contributed by atoms with Crippen molar-refractivity contribution >= 4 is 23.1 Å². The van der Waals surface area contributed by atoms with Gasteiger partial charge in [0.2, 0.25) is 0 Å². The minimum atomic E-state index is 0.583. The van der Waals surface area contributed by atoms with E-state index in [-0.39, 0.29) is 0 Å². The molecule has 1 aromatic heterocycles. The lowest BCUT2D eigenvalue weighted by atomic mass is 10.2. The Morgan fingerprint density at radius 2 is 2.15 bits per heavy atom. The zero-order chi connectivity index (χ0) is 9.84. The Morgan fingerprint density at radius 3 is 2.69 bits per heavy atom. The van der Waals surface area contributed by atoms with Gasteiger partial charge in [0, 0.05) is 13.2 Å². The summed E-state index contributed by atoms with van der Waals surface area (Å²) in [6.45, 7) is 4.01. The topological polar surface area (TPSA) is 37.0 Å². The molecule has 0 spiro atoms. The van der Waals surface area contributed by atoms with E-state index in [4.69, 9.17) is 12.2 Å². The number of thiocarbonyl (C=S) groups is 1. The predicted molar refractivity (Wildman–Crippen MR) is 59.0 cm³/mol. The van der Waals surface area contributed by atoms with E-state index in [9.17, 15) is 0 Å². The van der Waals surface area contributed by atoms with Gasteiger partial charge in [-0.15, -0.1) is 0 Å². The van der Waals surface area contributed by atoms with Gasteiger partial charge in [-0.25, -0.2) is 4.98 Å². The summed E-state index contributed by atoms with van der Waals surface area (Å²) in [5.74, 6) is 0.810. The summed E-state index contributed by atoms with van der Waals surface area (Å²) in [4.78, 5) is 4.23. The van der Waals surface area contributed by atoms with Crippen molar-refractivity contribution in [1.29, 1.82) is 0 Å². The van der Waals surface area contributed by atoms with E-state index in [0.29, 0.717) is 5.11 Å². The second kappa shape index (κ2) is 4.18. The summed E-state index contributed by atoms with van der Waals surface area (Å²) in [6.07, 6.45) is 1.81. The largest absolute Gasteiger partial charge is 0.365 e. The summed E-state index contributed by atoms with van der Waals surface area (Å²) >= 11 is 4.97. The zero-order valence-corrected chi connectivity index (χ0v) is 8.83. The first-order valence-corrected chi connectivity index (χ1v) is 4.46. The lowest BCUT2D eigenvalue weighted by Gasteiger charge is -2.08. The number of pyridine rings is 1. The molecule has 0 bridgehead atoms. The molecule has 0 aliphatic rings. The van der Waals surface area contributed by atoms with Crippen molar-refractivity contribution in [2.75, 3.05) is 12.4 Å². The van der Waals surface area contributed by atoms with Crippen LogP contribution in [0.15, 0.2) is 12.3 Å². The highest BCUT2D eigenvalue weighted by molar-refractivity contribution is 7.80. The van der Waals surface area contributed by atoms with Gasteiger partial charge >= 0.3 is 0 Å². The Kier molecular flexibility index (Phi) is 3.19. The number of aryl methyl sites for hydroxylation is 2. The van der Waals surface area contributed by atoms with Crippen LogP contribution in [0.4, 0.5) is 5.82 Å². The van der Waals surface area contributed by atoms with Crippen LogP contribution in [0.25, 0.3) is 0 Å². The van der Waals surface area contributed by atoms with Crippen LogP contribution in [-0.2, 0) is 0 Å². The van der Waals surface area contributed by atoms with Crippen molar-refractivity contribution in [2.24, 2.45) is 0 Å². The number of rotatable bonds is 1. The normalized spacial score (nSPS) is 9.46. The molecule has 1 aromatic rings. The highest BCUT2D eigenvalue weighted by Gasteiger charge is 2.00. The lowest BCUT2D eigenvalue weighted by Crippen LogP contribution is -2.25. The van der Waals surface area contributed by atoms with E-state index in [0.717, 1.165) is 16.9 Å². The van der Waals surface area contributed by atoms with Gasteiger partial charge in [-0.2, -0.15) is 0 Å². The van der Waals surface area contributed by atoms with E-state index in [1.54, 1.807) is 7.05 Å². The molecule has 1 heterocycles. The third kappa shape index (κ3) is 2.66. The van der Waals surface area contributed by atoms with Gasteiger partial charge in [0.1, 0.15) is 5.82 Å². The first-order chi connectivity index (χ1) is 6.13. The number of nitrogens with one attached hydrogen (secondary N) is 2. The van der Waals surface area contributed by atoms with Gasteiger partial charge < -0.3 is 10.6 Å². The molecule has 0 fully saturated rings. The quantitative estimate of drug-likeness (QED) is 0.668. The van der Waals surface area contributed by atoms with E-state index >= 15 is 0 Å². The van der Waals surface area contributed by atoms with Gasteiger partial charge in [-0.05, 0) is 37.2 Å². The van der Waals surface area contributed by atoms with Gasteiger partial charge in [0.15, 0.2) is 5.11 Å². The second-order valence-electron chi connectivity index (χ2n) is 2.88. The van der Waals surface area contributed by atoms with E-state index in [2.05, 4.69) is 21.7 Å². The molecule has 3 nitrogen and oxygen atoms in total. The Bertz CT molecular complexity index is 323. The monoisotopic (exact) mass is 195 g/mol. The van der Waals surface area contributed by atoms with Gasteiger partial charge in [-0.3, -0.25) is 0 Å². The molecule has 0 aliphatic heterocycles. The standard InChI is InChI=1S/C9H13N3S/c1-6-4-7(2)8(11-5-6)12-9(13)10-3/h4-5H,1-3H3,(H2,10,11,12,13). The molecule has 2 N–H and O–H groups in total. The summed E-state index contributed by atoms with van der Waals surface area (Å²) in [5, 5.41) is 6.41. The second-order valence-corrected chi connectivity index (χ2v) is 3.29. The SMILES string of the molecule is CNC(=S)Nc1ncc(C)cc1C. The zero-order valence-electron chi connectivity index (χ0n) is 8.01. The van der Waals surface area contributed by atoms with E-state index in [1.165, 1.54) is 0 Å². The number of hydrogen-bond donors (Lipinski definition) is 2. The fraction of sp³-hybridized carbons (Fsp3) is 0.333. The molecule has 4 heteroatoms. The van der Waals surface area contributed by atoms with Crippen LogP contribution in [0.1, 0.15) is 11.1 Å². The average Bonchev–Trinajstić information content (AvgIpc) is 2.09. The fourth-order valence-electron chi connectivity index (χ4n) is 1.02. The van der Waals surface area contributed by atoms with Crippen molar-refractivity contribution in [3.05, 3.63) is 23.4 Å². The summed E-state index contributed by atoms with van der Waals surface area (Å²) in [7, 11) is 1.78. The third-order valence-corrected chi connectivity index (χ3v) is 1.98. The van der Waals surface area contributed by atoms with Crippen molar-refractivity contribution < 1.29 is 0 Å². The predicted octanol–water partition coefficient (Wildman–Crippen LogP) is 1.61. The molecule has 0 radical (unpaired) electrons. The molecular formula is C9H13N3S. The van der Waals surface area contributed by atoms with Crippen LogP contribution < -0.4 is 10.6 Å². The molecule has 0 atom stereocenters. The highest BCUT2D eigenvalue weighted by atomic mass is 32.1. The molecule has 0 amide bonds. The van der Waals surface area contributed by atoms with Gasteiger partial charge in [-0.1, -0.05) is 6.07 Å². The minimum absolute atomic E-state index is 0.583. The fourth-order valence-corrected chi connectivity index (χ4v) is 1.11. The first kappa shape index (κ1) is 9.92. The summed E-state index contributed by atoms with van der Waals surface area (Å²) < 4.78 is 0. The summed E-state index contributed by atoms with van der Waals surface area (Å²) in [6, 6.07) is 2.06. The maximum absolute atomic E-state index is 4.97. The smallest absolute Gasteiger partial charge is 0.171 e. The Hall–Kier alpha value is -1.16. The molecule has 0 saturated heterocycles. The molecule has 0 aromatic carbocycles. The number of hydrogen-bond acceptors (Lipinski definition) is 2. The number of anilines is 1. The Labute approximate surface area is 83.6 Å². The summed E-state index contributed by atoms with van der Waals surface area (Å²) in [5.41, 5.74) is 2.25. The molecular weight excluding hydrogens is 182 g/mol. The number of nitrogens with zero attached hydrogens (tertiary/aromatic N) is 1. The van der Waals surface area contributed by atoms with Crippen molar-refractivity contribution in [1.82, 2.24) is 10.3 Å². The van der Waals surface area contributed by atoms with Gasteiger partial charge in [0.25, 0.3) is 0 Å². The van der Waals surface area contributed by atoms with Crippen molar-refractivity contribution in [3.63, 3.8) is 0 Å². The van der Waals surface area contributed by atoms with E-state index < -0.39 is 0 Å². The lowest BCUT2D eigenvalue weighted by molar-refractivity contribution is 1.17. The van der Waals surface area contributed by atoms with Crippen LogP contribution in [0.5, 0.6) is 0 Å².